The molecule has 2 aliphatic rings. The van der Waals surface area contributed by atoms with Gasteiger partial charge in [0.15, 0.2) is 0 Å². The highest BCUT2D eigenvalue weighted by Gasteiger charge is 2.38. The van der Waals surface area contributed by atoms with Crippen LogP contribution in [0, 0.1) is 23.1 Å². The lowest BCUT2D eigenvalue weighted by molar-refractivity contribution is -0.133. The highest BCUT2D eigenvalue weighted by Crippen LogP contribution is 2.30. The molecular formula is C27H30FN5O3. The number of nitrogens with one attached hydrogen (secondary N) is 1. The van der Waals surface area contributed by atoms with Crippen LogP contribution in [0.3, 0.4) is 0 Å². The highest BCUT2D eigenvalue weighted by molar-refractivity contribution is 5.94. The van der Waals surface area contributed by atoms with E-state index in [4.69, 9.17) is 11.0 Å². The van der Waals surface area contributed by atoms with Gasteiger partial charge in [-0.15, -0.1) is 0 Å². The summed E-state index contributed by atoms with van der Waals surface area (Å²) < 4.78 is 14.3. The molecular weight excluding hydrogens is 461 g/mol. The molecule has 3 N–H and O–H groups in total. The minimum atomic E-state index is -0.891. The molecule has 0 aromatic heterocycles. The van der Waals surface area contributed by atoms with Crippen molar-refractivity contribution in [2.24, 2.45) is 11.7 Å². The Hall–Kier alpha value is -3.77. The third kappa shape index (κ3) is 5.55. The topological polar surface area (TPSA) is 120 Å². The number of rotatable bonds is 6. The largest absolute Gasteiger partial charge is 0.368 e. The zero-order valence-electron chi connectivity index (χ0n) is 20.0. The molecule has 0 unspecified atom stereocenters. The van der Waals surface area contributed by atoms with E-state index < -0.39 is 23.7 Å². The summed E-state index contributed by atoms with van der Waals surface area (Å²) in [5, 5.41) is 11.8. The van der Waals surface area contributed by atoms with Crippen molar-refractivity contribution in [1.82, 2.24) is 15.1 Å². The standard InChI is InChI=1S/C27H30FN5O3/c28-22-16-18(17-29)10-11-20(22)27(36)33-14-12-32(13-15-33)23-9-5-4-8-21(23)26(35)31-24(25(30)34)19-6-2-1-3-7-19/h1-3,6-7,10-11,16,21,23-24H,4-5,8-9,12-15H2,(H2,30,34)(H,31,35)/t21-,23-,24+/m1/s1. The number of nitrogens with zero attached hydrogens (tertiary/aromatic N) is 3. The lowest BCUT2D eigenvalue weighted by atomic mass is 9.82. The summed E-state index contributed by atoms with van der Waals surface area (Å²) in [6.45, 7) is 1.96. The molecule has 1 aliphatic carbocycles. The van der Waals surface area contributed by atoms with Crippen LogP contribution < -0.4 is 11.1 Å². The molecule has 188 valence electrons. The molecule has 0 bridgehead atoms. The van der Waals surface area contributed by atoms with Gasteiger partial charge in [0, 0.05) is 32.2 Å². The summed E-state index contributed by atoms with van der Waals surface area (Å²) in [6, 6.07) is 13.8. The predicted octanol–water partition coefficient (Wildman–Crippen LogP) is 2.36. The molecule has 2 aromatic rings. The Morgan fingerprint density at radius 1 is 1.03 bits per heavy atom. The molecule has 3 amide bonds. The Bertz CT molecular complexity index is 1160. The Morgan fingerprint density at radius 2 is 1.72 bits per heavy atom. The van der Waals surface area contributed by atoms with Crippen molar-refractivity contribution >= 4 is 17.7 Å². The number of nitrogens with two attached hydrogens (primary N) is 1. The fourth-order valence-electron chi connectivity index (χ4n) is 5.25. The number of carbonyl (C=O) groups excluding carboxylic acids is 3. The first-order chi connectivity index (χ1) is 17.4. The van der Waals surface area contributed by atoms with E-state index in [0.717, 1.165) is 25.3 Å². The Morgan fingerprint density at radius 3 is 2.36 bits per heavy atom. The van der Waals surface area contributed by atoms with E-state index in [-0.39, 0.29) is 29.0 Å². The van der Waals surface area contributed by atoms with Crippen molar-refractivity contribution in [2.45, 2.75) is 37.8 Å². The van der Waals surface area contributed by atoms with Gasteiger partial charge in [-0.05, 0) is 36.6 Å². The maximum absolute atomic E-state index is 14.3. The van der Waals surface area contributed by atoms with Crippen LogP contribution in [0.25, 0.3) is 0 Å². The molecule has 2 fully saturated rings. The second kappa shape index (κ2) is 11.3. The van der Waals surface area contributed by atoms with Gasteiger partial charge in [-0.3, -0.25) is 19.3 Å². The van der Waals surface area contributed by atoms with Gasteiger partial charge in [0.25, 0.3) is 5.91 Å². The number of halogens is 1. The fourth-order valence-corrected chi connectivity index (χ4v) is 5.25. The molecule has 1 heterocycles. The number of amides is 3. The van der Waals surface area contributed by atoms with Crippen LogP contribution in [0.2, 0.25) is 0 Å². The van der Waals surface area contributed by atoms with E-state index in [1.807, 2.05) is 12.1 Å². The van der Waals surface area contributed by atoms with Crippen molar-refractivity contribution in [3.05, 3.63) is 71.0 Å². The number of hydrogen-bond acceptors (Lipinski definition) is 5. The molecule has 1 saturated heterocycles. The summed E-state index contributed by atoms with van der Waals surface area (Å²) in [5.41, 5.74) is 6.37. The van der Waals surface area contributed by atoms with Gasteiger partial charge in [-0.2, -0.15) is 5.26 Å². The summed E-state index contributed by atoms with van der Waals surface area (Å²) in [5.74, 6) is -2.19. The summed E-state index contributed by atoms with van der Waals surface area (Å²) in [4.78, 5) is 42.1. The lowest BCUT2D eigenvalue weighted by Gasteiger charge is -2.44. The van der Waals surface area contributed by atoms with Crippen molar-refractivity contribution in [3.8, 4) is 6.07 Å². The third-order valence-electron chi connectivity index (χ3n) is 7.17. The van der Waals surface area contributed by atoms with Crippen molar-refractivity contribution in [2.75, 3.05) is 26.2 Å². The fraction of sp³-hybridized carbons (Fsp3) is 0.407. The van der Waals surface area contributed by atoms with E-state index >= 15 is 0 Å². The quantitative estimate of drug-likeness (QED) is 0.643. The molecule has 1 saturated carbocycles. The van der Waals surface area contributed by atoms with Crippen molar-refractivity contribution < 1.29 is 18.8 Å². The summed E-state index contributed by atoms with van der Waals surface area (Å²) >= 11 is 0. The third-order valence-corrected chi connectivity index (χ3v) is 7.17. The van der Waals surface area contributed by atoms with E-state index in [1.165, 1.54) is 12.1 Å². The molecule has 0 radical (unpaired) electrons. The molecule has 36 heavy (non-hydrogen) atoms. The van der Waals surface area contributed by atoms with Crippen LogP contribution in [-0.2, 0) is 9.59 Å². The van der Waals surface area contributed by atoms with Crippen LogP contribution in [0.4, 0.5) is 4.39 Å². The number of carbonyl (C=O) groups is 3. The van der Waals surface area contributed by atoms with Gasteiger partial charge < -0.3 is 16.0 Å². The Labute approximate surface area is 209 Å². The smallest absolute Gasteiger partial charge is 0.256 e. The average molecular weight is 492 g/mol. The van der Waals surface area contributed by atoms with E-state index in [9.17, 15) is 18.8 Å². The second-order valence-corrected chi connectivity index (χ2v) is 9.35. The highest BCUT2D eigenvalue weighted by atomic mass is 19.1. The van der Waals surface area contributed by atoms with Crippen LogP contribution in [0.1, 0.15) is 53.2 Å². The second-order valence-electron chi connectivity index (χ2n) is 9.35. The van der Waals surface area contributed by atoms with Crippen LogP contribution in [0.15, 0.2) is 48.5 Å². The first-order valence-electron chi connectivity index (χ1n) is 12.3. The van der Waals surface area contributed by atoms with Gasteiger partial charge >= 0.3 is 0 Å². The molecule has 0 spiro atoms. The van der Waals surface area contributed by atoms with Crippen LogP contribution >= 0.6 is 0 Å². The van der Waals surface area contributed by atoms with Crippen molar-refractivity contribution in [3.63, 3.8) is 0 Å². The van der Waals surface area contributed by atoms with E-state index in [0.29, 0.717) is 38.2 Å². The van der Waals surface area contributed by atoms with Gasteiger partial charge in [0.05, 0.1) is 23.1 Å². The molecule has 2 aromatic carbocycles. The monoisotopic (exact) mass is 491 g/mol. The number of piperazine rings is 1. The van der Waals surface area contributed by atoms with Gasteiger partial charge in [-0.1, -0.05) is 43.2 Å². The number of hydrogen-bond donors (Lipinski definition) is 2. The molecule has 4 rings (SSSR count). The minimum Gasteiger partial charge on any atom is -0.368 e. The number of benzene rings is 2. The first-order valence-corrected chi connectivity index (χ1v) is 12.3. The van der Waals surface area contributed by atoms with Crippen LogP contribution in [0.5, 0.6) is 0 Å². The zero-order chi connectivity index (χ0) is 25.7. The summed E-state index contributed by atoms with van der Waals surface area (Å²) in [6.07, 6.45) is 3.49. The number of nitriles is 1. The Kier molecular flexibility index (Phi) is 7.96. The van der Waals surface area contributed by atoms with Gasteiger partial charge in [0.2, 0.25) is 11.8 Å². The van der Waals surface area contributed by atoms with E-state index in [1.54, 1.807) is 29.2 Å². The molecule has 3 atom stereocenters. The SMILES string of the molecule is N#Cc1ccc(C(=O)N2CCN([C@@H]3CCCC[C@H]3C(=O)N[C@H](C(N)=O)c3ccccc3)CC2)c(F)c1. The molecule has 1 aliphatic heterocycles. The number of primary amides is 1. The lowest BCUT2D eigenvalue weighted by Crippen LogP contribution is -2.56. The first kappa shape index (κ1) is 25.3. The maximum atomic E-state index is 14.3. The van der Waals surface area contributed by atoms with E-state index in [2.05, 4.69) is 10.2 Å². The van der Waals surface area contributed by atoms with Crippen LogP contribution in [-0.4, -0.2) is 59.7 Å². The minimum absolute atomic E-state index is 0.00745. The van der Waals surface area contributed by atoms with Gasteiger partial charge in [-0.25, -0.2) is 4.39 Å². The zero-order valence-corrected chi connectivity index (χ0v) is 20.0. The maximum Gasteiger partial charge on any atom is 0.256 e. The van der Waals surface area contributed by atoms with Crippen molar-refractivity contribution in [1.29, 1.82) is 5.26 Å². The molecule has 9 heteroatoms. The van der Waals surface area contributed by atoms with Gasteiger partial charge in [0.1, 0.15) is 11.9 Å². The average Bonchev–Trinajstić information content (AvgIpc) is 2.91. The normalized spacial score (nSPS) is 21.3. The predicted molar refractivity (Wildman–Crippen MR) is 131 cm³/mol. The summed E-state index contributed by atoms with van der Waals surface area (Å²) in [7, 11) is 0. The Balaban J connectivity index is 1.40. The molecule has 8 nitrogen and oxygen atoms in total.